The molecule has 0 bridgehead atoms. The number of hydrogen-bond donors (Lipinski definition) is 3. The fraction of sp³-hybridized carbons (Fsp3) is 0.240. The van der Waals surface area contributed by atoms with Crippen LogP contribution in [0, 0.1) is 5.82 Å². The van der Waals surface area contributed by atoms with Crippen LogP contribution in [-0.4, -0.2) is 36.5 Å². The summed E-state index contributed by atoms with van der Waals surface area (Å²) in [6, 6.07) is 8.56. The molecule has 0 unspecified atom stereocenters. The number of aryl methyl sites for hydroxylation is 1. The van der Waals surface area contributed by atoms with E-state index in [-0.39, 0.29) is 23.4 Å². The molecule has 0 fully saturated rings. The standard InChI is InChI=1S/C25H27FN8O3/c1-25(2,3)21-11-23(33(4)32-21)31-24(36)30-19-6-5-16(9-18(19)26)37-17-7-8-28-20(10-17)15-12-29-34(13-15)14-22(27)35/h5-13H,14H2,1-4H3,(H2,27,35)(H2,30,31,36). The third kappa shape index (κ3) is 6.28. The number of ether oxygens (including phenoxy) is 1. The van der Waals surface area contributed by atoms with Crippen molar-refractivity contribution in [3.05, 3.63) is 66.5 Å². The Hall–Kier alpha value is -4.74. The molecule has 11 nitrogen and oxygen atoms in total. The molecule has 0 spiro atoms. The van der Waals surface area contributed by atoms with Gasteiger partial charge in [-0.1, -0.05) is 20.8 Å². The Labute approximate surface area is 212 Å². The molecule has 0 saturated carbocycles. The number of anilines is 2. The molecule has 4 rings (SSSR count). The summed E-state index contributed by atoms with van der Waals surface area (Å²) in [5.74, 6) is -0.0573. The van der Waals surface area contributed by atoms with Gasteiger partial charge in [0.1, 0.15) is 29.7 Å². The molecule has 0 radical (unpaired) electrons. The summed E-state index contributed by atoms with van der Waals surface area (Å²) in [4.78, 5) is 27.8. The van der Waals surface area contributed by atoms with Gasteiger partial charge in [0.25, 0.3) is 0 Å². The maximum Gasteiger partial charge on any atom is 0.324 e. The number of hydrogen-bond acceptors (Lipinski definition) is 6. The molecule has 37 heavy (non-hydrogen) atoms. The van der Waals surface area contributed by atoms with Crippen LogP contribution in [0.2, 0.25) is 0 Å². The fourth-order valence-corrected chi connectivity index (χ4v) is 3.39. The molecule has 3 amide bonds. The molecule has 192 valence electrons. The summed E-state index contributed by atoms with van der Waals surface area (Å²) in [6.07, 6.45) is 4.73. The molecule has 3 aromatic heterocycles. The number of nitrogens with two attached hydrogens (primary N) is 1. The molecule has 4 N–H and O–H groups in total. The van der Waals surface area contributed by atoms with Gasteiger partial charge in [0.05, 0.1) is 23.3 Å². The van der Waals surface area contributed by atoms with E-state index in [9.17, 15) is 14.0 Å². The van der Waals surface area contributed by atoms with E-state index in [1.807, 2.05) is 20.8 Å². The first kappa shape index (κ1) is 25.4. The van der Waals surface area contributed by atoms with Crippen molar-refractivity contribution in [2.24, 2.45) is 12.8 Å². The number of nitrogens with zero attached hydrogens (tertiary/aromatic N) is 5. The van der Waals surface area contributed by atoms with Crippen LogP contribution in [-0.2, 0) is 23.8 Å². The van der Waals surface area contributed by atoms with E-state index in [2.05, 4.69) is 25.8 Å². The minimum absolute atomic E-state index is 0.0136. The highest BCUT2D eigenvalue weighted by molar-refractivity contribution is 5.99. The highest BCUT2D eigenvalue weighted by atomic mass is 19.1. The Morgan fingerprint density at radius 1 is 1.11 bits per heavy atom. The van der Waals surface area contributed by atoms with Gasteiger partial charge < -0.3 is 15.8 Å². The highest BCUT2D eigenvalue weighted by Crippen LogP contribution is 2.28. The smallest absolute Gasteiger partial charge is 0.324 e. The van der Waals surface area contributed by atoms with Gasteiger partial charge >= 0.3 is 6.03 Å². The Bertz CT molecular complexity index is 1450. The maximum atomic E-state index is 14.7. The summed E-state index contributed by atoms with van der Waals surface area (Å²) in [6.45, 7) is 6.01. The molecule has 1 aromatic carbocycles. The summed E-state index contributed by atoms with van der Waals surface area (Å²) in [5, 5.41) is 13.7. The van der Waals surface area contributed by atoms with Gasteiger partial charge in [-0.25, -0.2) is 9.18 Å². The number of primary amides is 1. The number of carbonyl (C=O) groups is 2. The summed E-state index contributed by atoms with van der Waals surface area (Å²) >= 11 is 0. The fourth-order valence-electron chi connectivity index (χ4n) is 3.39. The predicted molar refractivity (Wildman–Crippen MR) is 136 cm³/mol. The molecule has 0 saturated heterocycles. The predicted octanol–water partition coefficient (Wildman–Crippen LogP) is 4.04. The maximum absolute atomic E-state index is 14.7. The van der Waals surface area contributed by atoms with Gasteiger partial charge in [-0.05, 0) is 18.2 Å². The van der Waals surface area contributed by atoms with Crippen molar-refractivity contribution in [1.82, 2.24) is 24.5 Å². The normalized spacial score (nSPS) is 11.3. The van der Waals surface area contributed by atoms with Crippen molar-refractivity contribution in [2.75, 3.05) is 10.6 Å². The lowest BCUT2D eigenvalue weighted by Gasteiger charge is -2.13. The minimum Gasteiger partial charge on any atom is -0.457 e. The van der Waals surface area contributed by atoms with Crippen LogP contribution in [0.15, 0.2) is 55.0 Å². The van der Waals surface area contributed by atoms with E-state index < -0.39 is 17.8 Å². The average Bonchev–Trinajstić information content (AvgIpc) is 3.42. The quantitative estimate of drug-likeness (QED) is 0.345. The SMILES string of the molecule is Cn1nc(C(C)(C)C)cc1NC(=O)Nc1ccc(Oc2ccnc(-c3cnn(CC(N)=O)c3)c2)cc1F. The van der Waals surface area contributed by atoms with Crippen molar-refractivity contribution in [3.8, 4) is 22.8 Å². The Kier molecular flexibility index (Phi) is 6.92. The van der Waals surface area contributed by atoms with E-state index in [1.54, 1.807) is 42.3 Å². The number of rotatable bonds is 7. The Balaban J connectivity index is 1.42. The molecular formula is C25H27FN8O3. The highest BCUT2D eigenvalue weighted by Gasteiger charge is 2.20. The summed E-state index contributed by atoms with van der Waals surface area (Å²) in [7, 11) is 1.72. The second kappa shape index (κ2) is 10.1. The zero-order valence-corrected chi connectivity index (χ0v) is 20.8. The van der Waals surface area contributed by atoms with Crippen LogP contribution < -0.4 is 21.1 Å². The van der Waals surface area contributed by atoms with E-state index in [0.29, 0.717) is 22.8 Å². The number of urea groups is 1. The first-order valence-electron chi connectivity index (χ1n) is 11.3. The van der Waals surface area contributed by atoms with Gasteiger partial charge in [0, 0.05) is 48.6 Å². The minimum atomic E-state index is -0.671. The first-order valence-corrected chi connectivity index (χ1v) is 11.3. The summed E-state index contributed by atoms with van der Waals surface area (Å²) in [5.41, 5.74) is 7.02. The Morgan fingerprint density at radius 3 is 2.54 bits per heavy atom. The second-order valence-corrected chi connectivity index (χ2v) is 9.38. The van der Waals surface area contributed by atoms with Gasteiger partial charge in [-0.15, -0.1) is 0 Å². The van der Waals surface area contributed by atoms with E-state index >= 15 is 0 Å². The zero-order valence-electron chi connectivity index (χ0n) is 20.8. The number of nitrogens with one attached hydrogen (secondary N) is 2. The van der Waals surface area contributed by atoms with Crippen LogP contribution >= 0.6 is 0 Å². The number of aromatic nitrogens is 5. The molecule has 3 heterocycles. The van der Waals surface area contributed by atoms with Crippen LogP contribution in [0.5, 0.6) is 11.5 Å². The second-order valence-electron chi connectivity index (χ2n) is 9.38. The monoisotopic (exact) mass is 506 g/mol. The van der Waals surface area contributed by atoms with Crippen LogP contribution in [0.4, 0.5) is 20.7 Å². The Morgan fingerprint density at radius 2 is 1.86 bits per heavy atom. The zero-order chi connectivity index (χ0) is 26.7. The molecule has 0 atom stereocenters. The van der Waals surface area contributed by atoms with Crippen molar-refractivity contribution >= 4 is 23.4 Å². The number of pyridine rings is 1. The molecule has 0 aliphatic heterocycles. The lowest BCUT2D eigenvalue weighted by Crippen LogP contribution is -2.21. The third-order valence-electron chi connectivity index (χ3n) is 5.29. The number of amides is 3. The van der Waals surface area contributed by atoms with Crippen molar-refractivity contribution in [2.45, 2.75) is 32.7 Å². The largest absolute Gasteiger partial charge is 0.457 e. The van der Waals surface area contributed by atoms with Crippen LogP contribution in [0.3, 0.4) is 0 Å². The third-order valence-corrected chi connectivity index (χ3v) is 5.29. The van der Waals surface area contributed by atoms with Gasteiger partial charge in [-0.2, -0.15) is 10.2 Å². The van der Waals surface area contributed by atoms with Crippen molar-refractivity contribution in [1.29, 1.82) is 0 Å². The number of carbonyl (C=O) groups excluding carboxylic acids is 2. The van der Waals surface area contributed by atoms with Gasteiger partial charge in [0.2, 0.25) is 5.91 Å². The van der Waals surface area contributed by atoms with E-state index in [0.717, 1.165) is 5.69 Å². The lowest BCUT2D eigenvalue weighted by atomic mass is 9.92. The first-order chi connectivity index (χ1) is 17.5. The van der Waals surface area contributed by atoms with E-state index in [1.165, 1.54) is 29.1 Å². The average molecular weight is 507 g/mol. The van der Waals surface area contributed by atoms with Crippen molar-refractivity contribution < 1.29 is 18.7 Å². The number of halogens is 1. The molecule has 12 heteroatoms. The molecule has 0 aliphatic carbocycles. The van der Waals surface area contributed by atoms with Gasteiger partial charge in [0.15, 0.2) is 0 Å². The van der Waals surface area contributed by atoms with E-state index in [4.69, 9.17) is 10.5 Å². The van der Waals surface area contributed by atoms with Crippen LogP contribution in [0.1, 0.15) is 26.5 Å². The molecule has 4 aromatic rings. The van der Waals surface area contributed by atoms with Crippen LogP contribution in [0.25, 0.3) is 11.3 Å². The van der Waals surface area contributed by atoms with Gasteiger partial charge in [-0.3, -0.25) is 24.5 Å². The molecule has 0 aliphatic rings. The number of benzene rings is 1. The topological polar surface area (TPSA) is 142 Å². The lowest BCUT2D eigenvalue weighted by molar-refractivity contribution is -0.118. The summed E-state index contributed by atoms with van der Waals surface area (Å²) < 4.78 is 23.5. The van der Waals surface area contributed by atoms with Crippen molar-refractivity contribution in [3.63, 3.8) is 0 Å². The molecular weight excluding hydrogens is 479 g/mol.